The first-order chi connectivity index (χ1) is 7.54. The second-order valence-corrected chi connectivity index (χ2v) is 4.83. The number of carbonyl (C=O) groups is 2. The van der Waals surface area contributed by atoms with E-state index < -0.39 is 5.60 Å². The van der Waals surface area contributed by atoms with E-state index in [1.54, 1.807) is 4.90 Å². The third kappa shape index (κ3) is 2.04. The van der Waals surface area contributed by atoms with E-state index in [2.05, 4.69) is 5.32 Å². The predicted molar refractivity (Wildman–Crippen MR) is 57.6 cm³/mol. The van der Waals surface area contributed by atoms with Gasteiger partial charge in [-0.25, -0.2) is 0 Å². The monoisotopic (exact) mass is 226 g/mol. The first-order valence-electron chi connectivity index (χ1n) is 5.84. The van der Waals surface area contributed by atoms with E-state index in [4.69, 9.17) is 0 Å². The molecule has 2 heterocycles. The van der Waals surface area contributed by atoms with Gasteiger partial charge in [0.2, 0.25) is 11.8 Å². The lowest BCUT2D eigenvalue weighted by Gasteiger charge is -2.47. The highest BCUT2D eigenvalue weighted by Crippen LogP contribution is 2.27. The van der Waals surface area contributed by atoms with Gasteiger partial charge in [0.1, 0.15) is 6.04 Å². The maximum atomic E-state index is 11.9. The molecule has 16 heavy (non-hydrogen) atoms. The summed E-state index contributed by atoms with van der Waals surface area (Å²) >= 11 is 0. The topological polar surface area (TPSA) is 69.6 Å². The van der Waals surface area contributed by atoms with Crippen LogP contribution in [-0.2, 0) is 9.59 Å². The molecule has 0 spiro atoms. The molecule has 2 fully saturated rings. The standard InChI is InChI=1S/C11H18N2O3/c1-2-5-11(16)6-13(7-11)10(15)8-3-4-9(14)12-8/h8,16H,2-7H2,1H3,(H,12,14). The fourth-order valence-corrected chi connectivity index (χ4v) is 2.46. The summed E-state index contributed by atoms with van der Waals surface area (Å²) in [5.41, 5.74) is -0.687. The number of carbonyl (C=O) groups excluding carboxylic acids is 2. The SMILES string of the molecule is CCCC1(O)CN(C(=O)C2CCC(=O)N2)C1. The first-order valence-corrected chi connectivity index (χ1v) is 5.84. The van der Waals surface area contributed by atoms with Crippen LogP contribution in [0.3, 0.4) is 0 Å². The van der Waals surface area contributed by atoms with Crippen LogP contribution in [0, 0.1) is 0 Å². The summed E-state index contributed by atoms with van der Waals surface area (Å²) in [7, 11) is 0. The highest BCUT2D eigenvalue weighted by atomic mass is 16.3. The van der Waals surface area contributed by atoms with Crippen LogP contribution in [0.4, 0.5) is 0 Å². The summed E-state index contributed by atoms with van der Waals surface area (Å²) in [5.74, 6) is -0.102. The van der Waals surface area contributed by atoms with E-state index in [9.17, 15) is 14.7 Å². The van der Waals surface area contributed by atoms with Gasteiger partial charge in [-0.1, -0.05) is 13.3 Å². The van der Waals surface area contributed by atoms with Gasteiger partial charge in [0.15, 0.2) is 0 Å². The Kier molecular flexibility index (Phi) is 2.88. The molecule has 0 aliphatic carbocycles. The molecule has 5 heteroatoms. The van der Waals surface area contributed by atoms with Crippen LogP contribution in [0.2, 0.25) is 0 Å². The summed E-state index contributed by atoms with van der Waals surface area (Å²) in [4.78, 5) is 24.5. The Bertz CT molecular complexity index is 310. The summed E-state index contributed by atoms with van der Waals surface area (Å²) in [5, 5.41) is 12.6. The quantitative estimate of drug-likeness (QED) is 0.690. The Labute approximate surface area is 94.8 Å². The molecule has 0 saturated carbocycles. The van der Waals surface area contributed by atoms with E-state index in [1.807, 2.05) is 6.92 Å². The zero-order valence-electron chi connectivity index (χ0n) is 9.53. The number of aliphatic hydroxyl groups is 1. The maximum Gasteiger partial charge on any atom is 0.245 e. The molecule has 90 valence electrons. The molecule has 2 aliphatic heterocycles. The molecule has 0 aromatic carbocycles. The van der Waals surface area contributed by atoms with Crippen molar-refractivity contribution in [3.05, 3.63) is 0 Å². The van der Waals surface area contributed by atoms with Gasteiger partial charge in [-0.05, 0) is 12.8 Å². The number of likely N-dealkylation sites (tertiary alicyclic amines) is 1. The van der Waals surface area contributed by atoms with Crippen molar-refractivity contribution < 1.29 is 14.7 Å². The van der Waals surface area contributed by atoms with Crippen LogP contribution >= 0.6 is 0 Å². The summed E-state index contributed by atoms with van der Waals surface area (Å²) < 4.78 is 0. The molecule has 2 rings (SSSR count). The first kappa shape index (κ1) is 11.4. The average Bonchev–Trinajstić information content (AvgIpc) is 2.60. The zero-order chi connectivity index (χ0) is 11.8. The number of β-amino-alcohol motifs (C(OH)–C–C–N with tert-alkyl or cyclic N) is 1. The second kappa shape index (κ2) is 4.05. The summed E-state index contributed by atoms with van der Waals surface area (Å²) in [6.07, 6.45) is 2.66. The Morgan fingerprint density at radius 2 is 2.31 bits per heavy atom. The Balaban J connectivity index is 1.83. The van der Waals surface area contributed by atoms with Gasteiger partial charge in [-0.15, -0.1) is 0 Å². The lowest BCUT2D eigenvalue weighted by Crippen LogP contribution is -2.65. The highest BCUT2D eigenvalue weighted by molar-refractivity contribution is 5.91. The number of nitrogens with one attached hydrogen (secondary N) is 1. The number of hydrogen-bond donors (Lipinski definition) is 2. The number of nitrogens with zero attached hydrogens (tertiary/aromatic N) is 1. The normalized spacial score (nSPS) is 27.5. The molecule has 2 N–H and O–H groups in total. The minimum Gasteiger partial charge on any atom is -0.386 e. The molecule has 5 nitrogen and oxygen atoms in total. The van der Waals surface area contributed by atoms with Crippen molar-refractivity contribution in [1.82, 2.24) is 10.2 Å². The zero-order valence-corrected chi connectivity index (χ0v) is 9.53. The molecular weight excluding hydrogens is 208 g/mol. The maximum absolute atomic E-state index is 11.9. The van der Waals surface area contributed by atoms with Crippen LogP contribution in [0.1, 0.15) is 32.6 Å². The van der Waals surface area contributed by atoms with Crippen molar-refractivity contribution in [1.29, 1.82) is 0 Å². The number of amides is 2. The van der Waals surface area contributed by atoms with Crippen LogP contribution in [-0.4, -0.2) is 46.6 Å². The molecule has 0 bridgehead atoms. The van der Waals surface area contributed by atoms with Gasteiger partial charge < -0.3 is 15.3 Å². The van der Waals surface area contributed by atoms with Crippen LogP contribution in [0.15, 0.2) is 0 Å². The summed E-state index contributed by atoms with van der Waals surface area (Å²) in [6, 6.07) is -0.362. The van der Waals surface area contributed by atoms with Crippen molar-refractivity contribution >= 4 is 11.8 Å². The minimum atomic E-state index is -0.687. The molecule has 1 atom stereocenters. The van der Waals surface area contributed by atoms with Gasteiger partial charge in [0, 0.05) is 6.42 Å². The minimum absolute atomic E-state index is 0.0494. The molecule has 2 aliphatic rings. The Hall–Kier alpha value is -1.10. The van der Waals surface area contributed by atoms with Crippen LogP contribution in [0.25, 0.3) is 0 Å². The largest absolute Gasteiger partial charge is 0.386 e. The van der Waals surface area contributed by atoms with E-state index in [-0.39, 0.29) is 17.9 Å². The molecule has 1 unspecified atom stereocenters. The third-order valence-corrected chi connectivity index (χ3v) is 3.29. The molecular formula is C11H18N2O3. The van der Waals surface area contributed by atoms with Crippen molar-refractivity contribution in [3.63, 3.8) is 0 Å². The molecule has 2 amide bonds. The number of rotatable bonds is 3. The Morgan fingerprint density at radius 3 is 2.81 bits per heavy atom. The van der Waals surface area contributed by atoms with Gasteiger partial charge in [0.05, 0.1) is 18.7 Å². The van der Waals surface area contributed by atoms with Gasteiger partial charge in [-0.3, -0.25) is 9.59 Å². The molecule has 0 aromatic rings. The van der Waals surface area contributed by atoms with Gasteiger partial charge >= 0.3 is 0 Å². The summed E-state index contributed by atoms with van der Waals surface area (Å²) in [6.45, 7) is 2.83. The molecule has 2 saturated heterocycles. The van der Waals surface area contributed by atoms with Crippen LogP contribution in [0.5, 0.6) is 0 Å². The smallest absolute Gasteiger partial charge is 0.245 e. The molecule has 0 aromatic heterocycles. The van der Waals surface area contributed by atoms with E-state index in [1.165, 1.54) is 0 Å². The Morgan fingerprint density at radius 1 is 1.62 bits per heavy atom. The predicted octanol–water partition coefficient (Wildman–Crippen LogP) is -0.362. The lowest BCUT2D eigenvalue weighted by molar-refractivity contribution is -0.158. The molecule has 0 radical (unpaired) electrons. The number of hydrogen-bond acceptors (Lipinski definition) is 3. The van der Waals surface area contributed by atoms with E-state index >= 15 is 0 Å². The fraction of sp³-hybridized carbons (Fsp3) is 0.818. The van der Waals surface area contributed by atoms with Gasteiger partial charge in [-0.2, -0.15) is 0 Å². The van der Waals surface area contributed by atoms with Crippen molar-refractivity contribution in [2.24, 2.45) is 0 Å². The third-order valence-electron chi connectivity index (χ3n) is 3.29. The average molecular weight is 226 g/mol. The fourth-order valence-electron chi connectivity index (χ4n) is 2.46. The highest BCUT2D eigenvalue weighted by Gasteiger charge is 2.45. The lowest BCUT2D eigenvalue weighted by atomic mass is 9.88. The van der Waals surface area contributed by atoms with Crippen LogP contribution < -0.4 is 5.32 Å². The van der Waals surface area contributed by atoms with Crippen molar-refractivity contribution in [2.45, 2.75) is 44.2 Å². The van der Waals surface area contributed by atoms with Gasteiger partial charge in [0.25, 0.3) is 0 Å². The van der Waals surface area contributed by atoms with E-state index in [0.29, 0.717) is 25.9 Å². The van der Waals surface area contributed by atoms with Crippen molar-refractivity contribution in [2.75, 3.05) is 13.1 Å². The van der Waals surface area contributed by atoms with Crippen molar-refractivity contribution in [3.8, 4) is 0 Å². The second-order valence-electron chi connectivity index (χ2n) is 4.83. The van der Waals surface area contributed by atoms with E-state index in [0.717, 1.165) is 12.8 Å².